The Morgan fingerprint density at radius 2 is 2.06 bits per heavy atom. The van der Waals surface area contributed by atoms with Crippen LogP contribution in [0.5, 0.6) is 0 Å². The summed E-state index contributed by atoms with van der Waals surface area (Å²) in [7, 11) is 0. The van der Waals surface area contributed by atoms with Crippen LogP contribution in [0, 0.1) is 6.92 Å². The molecule has 0 bridgehead atoms. The first-order valence-corrected chi connectivity index (χ1v) is 6.90. The standard InChI is InChI=1S/C14H16N2S/c1-9-14(10-6-7-13(15)16-8-10)11-4-2-3-5-12(11)17-9/h6-8H,2-5H2,1H3,(H2,15,16). The molecule has 0 unspecified atom stereocenters. The van der Waals surface area contributed by atoms with E-state index in [0.29, 0.717) is 5.82 Å². The highest BCUT2D eigenvalue weighted by molar-refractivity contribution is 7.12. The van der Waals surface area contributed by atoms with E-state index in [-0.39, 0.29) is 0 Å². The molecule has 0 amide bonds. The Morgan fingerprint density at radius 1 is 1.24 bits per heavy atom. The number of aromatic nitrogens is 1. The molecule has 2 nitrogen and oxygen atoms in total. The fourth-order valence-corrected chi connectivity index (χ4v) is 3.92. The Kier molecular flexibility index (Phi) is 2.63. The number of nitrogens with two attached hydrogens (primary N) is 1. The van der Waals surface area contributed by atoms with Crippen molar-refractivity contribution in [3.05, 3.63) is 33.6 Å². The monoisotopic (exact) mass is 244 g/mol. The van der Waals surface area contributed by atoms with E-state index in [1.54, 1.807) is 10.4 Å². The number of fused-ring (bicyclic) bond motifs is 1. The minimum Gasteiger partial charge on any atom is -0.384 e. The molecular weight excluding hydrogens is 228 g/mol. The summed E-state index contributed by atoms with van der Waals surface area (Å²) in [6, 6.07) is 3.98. The molecule has 88 valence electrons. The molecule has 17 heavy (non-hydrogen) atoms. The molecule has 0 aliphatic heterocycles. The molecule has 0 aromatic carbocycles. The maximum Gasteiger partial charge on any atom is 0.123 e. The van der Waals surface area contributed by atoms with Gasteiger partial charge >= 0.3 is 0 Å². The van der Waals surface area contributed by atoms with Gasteiger partial charge in [0.05, 0.1) is 0 Å². The minimum absolute atomic E-state index is 0.593. The maximum absolute atomic E-state index is 5.65. The summed E-state index contributed by atoms with van der Waals surface area (Å²) in [5, 5.41) is 0. The first-order chi connectivity index (χ1) is 8.25. The lowest BCUT2D eigenvalue weighted by Gasteiger charge is -2.13. The van der Waals surface area contributed by atoms with Gasteiger partial charge in [-0.1, -0.05) is 0 Å². The third-order valence-electron chi connectivity index (χ3n) is 3.42. The Morgan fingerprint density at radius 3 is 2.82 bits per heavy atom. The van der Waals surface area contributed by atoms with Crippen LogP contribution in [-0.2, 0) is 12.8 Å². The Bertz CT molecular complexity index is 540. The van der Waals surface area contributed by atoms with Gasteiger partial charge < -0.3 is 5.73 Å². The lowest BCUT2D eigenvalue weighted by molar-refractivity contribution is 0.698. The Labute approximate surface area is 106 Å². The minimum atomic E-state index is 0.593. The van der Waals surface area contributed by atoms with E-state index in [0.717, 1.165) is 0 Å². The number of pyridine rings is 1. The van der Waals surface area contributed by atoms with Crippen molar-refractivity contribution in [1.82, 2.24) is 4.98 Å². The third kappa shape index (κ3) is 1.84. The van der Waals surface area contributed by atoms with Crippen LogP contribution in [0.15, 0.2) is 18.3 Å². The van der Waals surface area contributed by atoms with E-state index in [1.165, 1.54) is 41.7 Å². The van der Waals surface area contributed by atoms with Crippen LogP contribution in [0.3, 0.4) is 0 Å². The van der Waals surface area contributed by atoms with Gasteiger partial charge in [-0.15, -0.1) is 11.3 Å². The second-order valence-corrected chi connectivity index (χ2v) is 5.92. The lowest BCUT2D eigenvalue weighted by Crippen LogP contribution is -1.99. The SMILES string of the molecule is Cc1sc2c(c1-c1ccc(N)nc1)CCCC2. The van der Waals surface area contributed by atoms with E-state index >= 15 is 0 Å². The highest BCUT2D eigenvalue weighted by Crippen LogP contribution is 2.39. The van der Waals surface area contributed by atoms with E-state index in [9.17, 15) is 0 Å². The van der Waals surface area contributed by atoms with Crippen molar-refractivity contribution in [2.75, 3.05) is 5.73 Å². The van der Waals surface area contributed by atoms with Gasteiger partial charge in [0.15, 0.2) is 0 Å². The summed E-state index contributed by atoms with van der Waals surface area (Å²) in [6.07, 6.45) is 7.03. The fraction of sp³-hybridized carbons (Fsp3) is 0.357. The molecule has 1 aliphatic rings. The van der Waals surface area contributed by atoms with Crippen molar-refractivity contribution < 1.29 is 0 Å². The molecule has 0 atom stereocenters. The molecule has 0 saturated carbocycles. The quantitative estimate of drug-likeness (QED) is 0.832. The van der Waals surface area contributed by atoms with E-state index in [4.69, 9.17) is 5.73 Å². The zero-order chi connectivity index (χ0) is 11.8. The van der Waals surface area contributed by atoms with E-state index in [2.05, 4.69) is 18.0 Å². The average Bonchev–Trinajstić information content (AvgIpc) is 2.66. The Hall–Kier alpha value is -1.35. The number of aryl methyl sites for hydroxylation is 2. The van der Waals surface area contributed by atoms with Gasteiger partial charge in [-0.25, -0.2) is 4.98 Å². The van der Waals surface area contributed by atoms with Crippen LogP contribution in [0.25, 0.3) is 11.1 Å². The second kappa shape index (κ2) is 4.15. The molecular formula is C14H16N2S. The van der Waals surface area contributed by atoms with Crippen LogP contribution in [-0.4, -0.2) is 4.98 Å². The van der Waals surface area contributed by atoms with Crippen molar-refractivity contribution >= 4 is 17.2 Å². The number of hydrogen-bond acceptors (Lipinski definition) is 3. The molecule has 2 heterocycles. The zero-order valence-corrected chi connectivity index (χ0v) is 10.8. The predicted molar refractivity (Wildman–Crippen MR) is 73.3 cm³/mol. The highest BCUT2D eigenvalue weighted by Gasteiger charge is 2.19. The van der Waals surface area contributed by atoms with Crippen LogP contribution in [0.4, 0.5) is 5.82 Å². The summed E-state index contributed by atoms with van der Waals surface area (Å²) in [5.74, 6) is 0.593. The molecule has 0 saturated heterocycles. The highest BCUT2D eigenvalue weighted by atomic mass is 32.1. The van der Waals surface area contributed by atoms with Gasteiger partial charge in [-0.2, -0.15) is 0 Å². The lowest BCUT2D eigenvalue weighted by atomic mass is 9.92. The molecule has 2 N–H and O–H groups in total. The average molecular weight is 244 g/mol. The van der Waals surface area contributed by atoms with Gasteiger partial charge in [-0.3, -0.25) is 0 Å². The van der Waals surface area contributed by atoms with Gasteiger partial charge in [0, 0.05) is 27.1 Å². The number of anilines is 1. The van der Waals surface area contributed by atoms with Crippen molar-refractivity contribution in [2.45, 2.75) is 32.6 Å². The number of nitrogens with zero attached hydrogens (tertiary/aromatic N) is 1. The second-order valence-electron chi connectivity index (χ2n) is 4.61. The summed E-state index contributed by atoms with van der Waals surface area (Å²) in [4.78, 5) is 7.21. The topological polar surface area (TPSA) is 38.9 Å². The van der Waals surface area contributed by atoms with Gasteiger partial charge in [0.25, 0.3) is 0 Å². The summed E-state index contributed by atoms with van der Waals surface area (Å²) >= 11 is 1.96. The van der Waals surface area contributed by atoms with E-state index in [1.807, 2.05) is 23.6 Å². The summed E-state index contributed by atoms with van der Waals surface area (Å²) in [5.41, 5.74) is 9.84. The number of thiophene rings is 1. The normalized spacial score (nSPS) is 14.6. The Balaban J connectivity index is 2.13. The van der Waals surface area contributed by atoms with Crippen molar-refractivity contribution in [3.8, 4) is 11.1 Å². The van der Waals surface area contributed by atoms with Gasteiger partial charge in [-0.05, 0) is 50.3 Å². The van der Waals surface area contributed by atoms with Crippen LogP contribution in [0.2, 0.25) is 0 Å². The molecule has 0 spiro atoms. The van der Waals surface area contributed by atoms with Gasteiger partial charge in [0.1, 0.15) is 5.82 Å². The number of nitrogen functional groups attached to an aromatic ring is 1. The maximum atomic E-state index is 5.65. The fourth-order valence-electron chi connectivity index (χ4n) is 2.63. The number of hydrogen-bond donors (Lipinski definition) is 1. The predicted octanol–water partition coefficient (Wildman–Crippen LogP) is 3.58. The number of rotatable bonds is 1. The van der Waals surface area contributed by atoms with Crippen LogP contribution < -0.4 is 5.73 Å². The van der Waals surface area contributed by atoms with Crippen molar-refractivity contribution in [2.24, 2.45) is 0 Å². The first kappa shape index (κ1) is 10.8. The van der Waals surface area contributed by atoms with E-state index < -0.39 is 0 Å². The summed E-state index contributed by atoms with van der Waals surface area (Å²) in [6.45, 7) is 2.22. The first-order valence-electron chi connectivity index (χ1n) is 6.09. The zero-order valence-electron chi connectivity index (χ0n) is 9.99. The van der Waals surface area contributed by atoms with Gasteiger partial charge in [0.2, 0.25) is 0 Å². The molecule has 1 aliphatic carbocycles. The van der Waals surface area contributed by atoms with Crippen molar-refractivity contribution in [3.63, 3.8) is 0 Å². The smallest absolute Gasteiger partial charge is 0.123 e. The van der Waals surface area contributed by atoms with Crippen LogP contribution >= 0.6 is 11.3 Å². The molecule has 3 heteroatoms. The molecule has 2 aromatic heterocycles. The molecule has 3 rings (SSSR count). The summed E-state index contributed by atoms with van der Waals surface area (Å²) < 4.78 is 0. The largest absolute Gasteiger partial charge is 0.384 e. The molecule has 2 aromatic rings. The van der Waals surface area contributed by atoms with Crippen LogP contribution in [0.1, 0.15) is 28.2 Å². The third-order valence-corrected chi connectivity index (χ3v) is 4.63. The molecule has 0 radical (unpaired) electrons. The molecule has 0 fully saturated rings. The van der Waals surface area contributed by atoms with Crippen molar-refractivity contribution in [1.29, 1.82) is 0 Å².